The van der Waals surface area contributed by atoms with E-state index < -0.39 is 0 Å². The standard InChI is InChI=1S/C13H12BrClN4O/c1-2-16-12-9(6-8(14)7-18-12)13(20)19-10-4-3-5-17-11(10)15/h3-7H,2H2,1H3,(H,16,18)(H,19,20). The molecule has 0 aromatic carbocycles. The van der Waals surface area contributed by atoms with Crippen molar-refractivity contribution in [2.24, 2.45) is 0 Å². The Kier molecular flexibility index (Phi) is 4.92. The van der Waals surface area contributed by atoms with E-state index in [-0.39, 0.29) is 11.1 Å². The van der Waals surface area contributed by atoms with Crippen LogP contribution in [0.3, 0.4) is 0 Å². The van der Waals surface area contributed by atoms with Crippen LogP contribution in [0, 0.1) is 0 Å². The number of pyridine rings is 2. The number of nitrogens with zero attached hydrogens (tertiary/aromatic N) is 2. The van der Waals surface area contributed by atoms with Crippen LogP contribution in [0.15, 0.2) is 35.1 Å². The Bertz CT molecular complexity index is 636. The van der Waals surface area contributed by atoms with E-state index >= 15 is 0 Å². The average Bonchev–Trinajstić information content (AvgIpc) is 2.43. The van der Waals surface area contributed by atoms with Crippen LogP contribution in [0.1, 0.15) is 17.3 Å². The number of hydrogen-bond acceptors (Lipinski definition) is 4. The lowest BCUT2D eigenvalue weighted by Crippen LogP contribution is -2.16. The van der Waals surface area contributed by atoms with E-state index in [0.717, 1.165) is 4.47 Å². The highest BCUT2D eigenvalue weighted by Gasteiger charge is 2.14. The molecule has 0 radical (unpaired) electrons. The molecule has 0 spiro atoms. The van der Waals surface area contributed by atoms with Crippen LogP contribution in [0.5, 0.6) is 0 Å². The molecule has 0 aliphatic heterocycles. The fraction of sp³-hybridized carbons (Fsp3) is 0.154. The third-order valence-electron chi connectivity index (χ3n) is 2.45. The fourth-order valence-electron chi connectivity index (χ4n) is 1.59. The molecule has 0 unspecified atom stereocenters. The highest BCUT2D eigenvalue weighted by molar-refractivity contribution is 9.10. The largest absolute Gasteiger partial charge is 0.370 e. The molecule has 0 bridgehead atoms. The predicted molar refractivity (Wildman–Crippen MR) is 83.3 cm³/mol. The van der Waals surface area contributed by atoms with E-state index in [1.54, 1.807) is 30.6 Å². The molecule has 0 fully saturated rings. The number of carbonyl (C=O) groups is 1. The van der Waals surface area contributed by atoms with E-state index in [0.29, 0.717) is 23.6 Å². The topological polar surface area (TPSA) is 66.9 Å². The molecule has 7 heteroatoms. The molecule has 1 amide bonds. The average molecular weight is 356 g/mol. The Labute approximate surface area is 129 Å². The number of nitrogens with one attached hydrogen (secondary N) is 2. The zero-order valence-electron chi connectivity index (χ0n) is 10.7. The molecular weight excluding hydrogens is 344 g/mol. The number of anilines is 2. The first-order valence-corrected chi connectivity index (χ1v) is 7.10. The molecule has 2 aromatic heterocycles. The van der Waals surface area contributed by atoms with Gasteiger partial charge in [-0.15, -0.1) is 0 Å². The zero-order chi connectivity index (χ0) is 14.5. The van der Waals surface area contributed by atoms with Gasteiger partial charge in [-0.05, 0) is 41.1 Å². The second-order valence-corrected chi connectivity index (χ2v) is 5.15. The lowest BCUT2D eigenvalue weighted by molar-refractivity contribution is 0.102. The van der Waals surface area contributed by atoms with Crippen LogP contribution in [-0.2, 0) is 0 Å². The maximum Gasteiger partial charge on any atom is 0.259 e. The van der Waals surface area contributed by atoms with Crippen LogP contribution < -0.4 is 10.6 Å². The zero-order valence-corrected chi connectivity index (χ0v) is 13.0. The van der Waals surface area contributed by atoms with Crippen molar-refractivity contribution in [3.05, 3.63) is 45.8 Å². The number of carbonyl (C=O) groups excluding carboxylic acids is 1. The van der Waals surface area contributed by atoms with Crippen LogP contribution in [0.2, 0.25) is 5.15 Å². The molecule has 2 rings (SSSR count). The summed E-state index contributed by atoms with van der Waals surface area (Å²) in [6.45, 7) is 2.60. The quantitative estimate of drug-likeness (QED) is 0.823. The summed E-state index contributed by atoms with van der Waals surface area (Å²) >= 11 is 9.23. The SMILES string of the molecule is CCNc1ncc(Br)cc1C(=O)Nc1cccnc1Cl. The summed E-state index contributed by atoms with van der Waals surface area (Å²) in [4.78, 5) is 20.4. The third-order valence-corrected chi connectivity index (χ3v) is 3.19. The molecule has 0 saturated carbocycles. The van der Waals surface area contributed by atoms with Crippen LogP contribution >= 0.6 is 27.5 Å². The van der Waals surface area contributed by atoms with Crippen molar-refractivity contribution in [1.29, 1.82) is 0 Å². The monoisotopic (exact) mass is 354 g/mol. The van der Waals surface area contributed by atoms with Gasteiger partial charge in [0.25, 0.3) is 5.91 Å². The smallest absolute Gasteiger partial charge is 0.259 e. The fourth-order valence-corrected chi connectivity index (χ4v) is 2.09. The van der Waals surface area contributed by atoms with Gasteiger partial charge in [0.15, 0.2) is 5.15 Å². The number of hydrogen-bond donors (Lipinski definition) is 2. The number of halogens is 2. The Morgan fingerprint density at radius 3 is 2.95 bits per heavy atom. The summed E-state index contributed by atoms with van der Waals surface area (Å²) < 4.78 is 0.724. The normalized spacial score (nSPS) is 10.2. The van der Waals surface area contributed by atoms with Gasteiger partial charge in [0.1, 0.15) is 5.82 Å². The lowest BCUT2D eigenvalue weighted by atomic mass is 10.2. The number of aromatic nitrogens is 2. The summed E-state index contributed by atoms with van der Waals surface area (Å²) in [5, 5.41) is 6.01. The van der Waals surface area contributed by atoms with Crippen molar-refractivity contribution < 1.29 is 4.79 Å². The Balaban J connectivity index is 2.29. The maximum atomic E-state index is 12.3. The molecule has 2 aromatic rings. The predicted octanol–water partition coefficient (Wildman–Crippen LogP) is 3.58. The second kappa shape index (κ2) is 6.67. The number of rotatable bonds is 4. The van der Waals surface area contributed by atoms with E-state index in [9.17, 15) is 4.79 Å². The van der Waals surface area contributed by atoms with Gasteiger partial charge < -0.3 is 10.6 Å². The van der Waals surface area contributed by atoms with Crippen molar-refractivity contribution in [2.75, 3.05) is 17.2 Å². The Morgan fingerprint density at radius 1 is 1.45 bits per heavy atom. The van der Waals surface area contributed by atoms with Crippen molar-refractivity contribution in [3.8, 4) is 0 Å². The molecule has 104 valence electrons. The van der Waals surface area contributed by atoms with Gasteiger partial charge in [0, 0.05) is 23.4 Å². The summed E-state index contributed by atoms with van der Waals surface area (Å²) in [6.07, 6.45) is 3.19. The molecule has 0 aliphatic rings. The molecule has 2 heterocycles. The van der Waals surface area contributed by atoms with E-state index in [4.69, 9.17) is 11.6 Å². The molecule has 20 heavy (non-hydrogen) atoms. The van der Waals surface area contributed by atoms with E-state index in [2.05, 4.69) is 36.5 Å². The van der Waals surface area contributed by atoms with Crippen molar-refractivity contribution >= 4 is 44.9 Å². The number of amides is 1. The molecule has 0 aliphatic carbocycles. The molecular formula is C13H12BrClN4O. The first-order valence-electron chi connectivity index (χ1n) is 5.93. The summed E-state index contributed by atoms with van der Waals surface area (Å²) in [6, 6.07) is 5.09. The van der Waals surface area contributed by atoms with Gasteiger partial charge in [-0.2, -0.15) is 0 Å². The van der Waals surface area contributed by atoms with Crippen LogP contribution in [-0.4, -0.2) is 22.4 Å². The lowest BCUT2D eigenvalue weighted by Gasteiger charge is -2.11. The highest BCUT2D eigenvalue weighted by Crippen LogP contribution is 2.22. The van der Waals surface area contributed by atoms with Crippen LogP contribution in [0.25, 0.3) is 0 Å². The molecule has 5 nitrogen and oxygen atoms in total. The minimum Gasteiger partial charge on any atom is -0.370 e. The van der Waals surface area contributed by atoms with E-state index in [1.165, 1.54) is 0 Å². The van der Waals surface area contributed by atoms with Gasteiger partial charge in [-0.1, -0.05) is 11.6 Å². The van der Waals surface area contributed by atoms with E-state index in [1.807, 2.05) is 6.92 Å². The van der Waals surface area contributed by atoms with Gasteiger partial charge in [0.2, 0.25) is 0 Å². The van der Waals surface area contributed by atoms with Crippen molar-refractivity contribution in [3.63, 3.8) is 0 Å². The van der Waals surface area contributed by atoms with Gasteiger partial charge in [-0.3, -0.25) is 4.79 Å². The maximum absolute atomic E-state index is 12.3. The van der Waals surface area contributed by atoms with Gasteiger partial charge >= 0.3 is 0 Å². The first kappa shape index (κ1) is 14.7. The second-order valence-electron chi connectivity index (χ2n) is 3.88. The third kappa shape index (κ3) is 3.46. The minimum atomic E-state index is -0.301. The van der Waals surface area contributed by atoms with Gasteiger partial charge in [-0.25, -0.2) is 9.97 Å². The van der Waals surface area contributed by atoms with Crippen molar-refractivity contribution in [1.82, 2.24) is 9.97 Å². The van der Waals surface area contributed by atoms with Gasteiger partial charge in [0.05, 0.1) is 11.3 Å². The highest BCUT2D eigenvalue weighted by atomic mass is 79.9. The Morgan fingerprint density at radius 2 is 2.25 bits per heavy atom. The molecule has 0 saturated heterocycles. The summed E-state index contributed by atoms with van der Waals surface area (Å²) in [7, 11) is 0. The first-order chi connectivity index (χ1) is 9.61. The van der Waals surface area contributed by atoms with Crippen molar-refractivity contribution in [2.45, 2.75) is 6.92 Å². The Hall–Kier alpha value is -1.66. The van der Waals surface area contributed by atoms with Crippen LogP contribution in [0.4, 0.5) is 11.5 Å². The summed E-state index contributed by atoms with van der Waals surface area (Å²) in [5.74, 6) is 0.220. The minimum absolute atomic E-state index is 0.244. The summed E-state index contributed by atoms with van der Waals surface area (Å²) in [5.41, 5.74) is 0.891. The molecule has 2 N–H and O–H groups in total. The molecule has 0 atom stereocenters.